The Balaban J connectivity index is 1.95. The normalized spacial score (nSPS) is 11.6. The first-order valence-electron chi connectivity index (χ1n) is 25.1. The van der Waals surface area contributed by atoms with E-state index in [1.54, 1.807) is 0 Å². The standard InChI is InChI=1S/C60H80/c1-9-17-25-45-37-53-33-34-54-38-46(26-18-10-2)51(31-23-15-7)43-59(54)60-44-52(32-24-16-8)48(28-20-12-4)40-56(60)36-35-55-39-47(27-19-11-3)50(30-22-14-6)42-58(55)57(53)41-49(45)29-21-13-5/h37-44H,9-32H2,1-8H3. The fraction of sp³-hybridized carbons (Fsp3) is 0.533. The molecule has 0 fully saturated rings. The van der Waals surface area contributed by atoms with E-state index in [0.29, 0.717) is 0 Å². The van der Waals surface area contributed by atoms with Gasteiger partial charge in [-0.05, 0) is 218 Å². The highest BCUT2D eigenvalue weighted by Crippen LogP contribution is 2.37. The summed E-state index contributed by atoms with van der Waals surface area (Å²) in [7, 11) is 0. The maximum absolute atomic E-state index is 3.96. The monoisotopic (exact) mass is 801 g/mol. The van der Waals surface area contributed by atoms with Crippen molar-refractivity contribution in [3.8, 4) is 45.9 Å². The quantitative estimate of drug-likeness (QED) is 0.0545. The van der Waals surface area contributed by atoms with Crippen molar-refractivity contribution in [3.05, 3.63) is 115 Å². The molecule has 0 radical (unpaired) electrons. The molecule has 0 saturated heterocycles. The Labute approximate surface area is 369 Å². The van der Waals surface area contributed by atoms with Crippen LogP contribution in [0.4, 0.5) is 0 Å². The second-order valence-corrected chi connectivity index (χ2v) is 18.0. The molecular weight excluding hydrogens is 721 g/mol. The van der Waals surface area contributed by atoms with Gasteiger partial charge in [-0.3, -0.25) is 0 Å². The molecule has 0 bridgehead atoms. The molecule has 60 heavy (non-hydrogen) atoms. The number of benzene rings is 4. The smallest absolute Gasteiger partial charge is 0.0330 e. The highest BCUT2D eigenvalue weighted by Gasteiger charge is 2.20. The van der Waals surface area contributed by atoms with Crippen molar-refractivity contribution in [2.45, 2.75) is 209 Å². The van der Waals surface area contributed by atoms with Crippen molar-refractivity contribution >= 4 is 0 Å². The Morgan fingerprint density at radius 2 is 0.383 bits per heavy atom. The molecule has 0 nitrogen and oxygen atoms in total. The molecule has 0 saturated carbocycles. The van der Waals surface area contributed by atoms with Gasteiger partial charge in [0.1, 0.15) is 0 Å². The summed E-state index contributed by atoms with van der Waals surface area (Å²) in [5.74, 6) is 15.8. The topological polar surface area (TPSA) is 0 Å². The van der Waals surface area contributed by atoms with Crippen LogP contribution >= 0.6 is 0 Å². The molecule has 5 rings (SSSR count). The van der Waals surface area contributed by atoms with Crippen molar-refractivity contribution in [2.75, 3.05) is 0 Å². The van der Waals surface area contributed by atoms with Crippen molar-refractivity contribution in [1.82, 2.24) is 0 Å². The Morgan fingerprint density at radius 1 is 0.233 bits per heavy atom. The maximum atomic E-state index is 3.96. The molecule has 4 aromatic carbocycles. The van der Waals surface area contributed by atoms with E-state index in [0.717, 1.165) is 51.4 Å². The molecule has 0 heterocycles. The Kier molecular flexibility index (Phi) is 19.7. The molecule has 0 aromatic heterocycles. The Morgan fingerprint density at radius 3 is 0.533 bits per heavy atom. The van der Waals surface area contributed by atoms with Crippen LogP contribution in [0.1, 0.15) is 225 Å². The molecule has 0 amide bonds. The number of hydrogen-bond acceptors (Lipinski definition) is 0. The molecule has 0 N–H and O–H groups in total. The first kappa shape index (κ1) is 47.1. The van der Waals surface area contributed by atoms with E-state index < -0.39 is 0 Å². The van der Waals surface area contributed by atoms with E-state index in [4.69, 9.17) is 0 Å². The lowest BCUT2D eigenvalue weighted by atomic mass is 9.83. The zero-order valence-electron chi connectivity index (χ0n) is 39.6. The van der Waals surface area contributed by atoms with Gasteiger partial charge in [0.15, 0.2) is 0 Å². The van der Waals surface area contributed by atoms with Gasteiger partial charge in [-0.15, -0.1) is 0 Å². The van der Waals surface area contributed by atoms with Crippen LogP contribution in [-0.4, -0.2) is 0 Å². The minimum absolute atomic E-state index is 1.11. The Hall–Kier alpha value is -4.00. The van der Waals surface area contributed by atoms with E-state index in [1.165, 1.54) is 192 Å². The van der Waals surface area contributed by atoms with Gasteiger partial charge in [-0.1, -0.05) is 130 Å². The molecule has 1 aliphatic rings. The van der Waals surface area contributed by atoms with E-state index in [2.05, 4.69) is 128 Å². The zero-order chi connectivity index (χ0) is 42.7. The van der Waals surface area contributed by atoms with E-state index >= 15 is 0 Å². The summed E-state index contributed by atoms with van der Waals surface area (Å²) in [6.07, 6.45) is 28.2. The van der Waals surface area contributed by atoms with Gasteiger partial charge >= 0.3 is 0 Å². The predicted octanol–water partition coefficient (Wildman–Crippen LogP) is 16.9. The summed E-state index contributed by atoms with van der Waals surface area (Å²) < 4.78 is 0. The average Bonchev–Trinajstić information content (AvgIpc) is 3.27. The SMILES string of the molecule is CCCCc1cc2c(cc1CCCC)-c1cc(CCCC)c(CCCC)cc1C#Cc1cc(CCCC)c(CCCC)cc1-c1cc(CCCC)c(CCCC)cc1C#C2. The largest absolute Gasteiger partial charge is 0.0654 e. The van der Waals surface area contributed by atoms with E-state index in [-0.39, 0.29) is 0 Å². The summed E-state index contributed by atoms with van der Waals surface area (Å²) in [5, 5.41) is 0. The van der Waals surface area contributed by atoms with E-state index in [1.807, 2.05) is 0 Å². The van der Waals surface area contributed by atoms with Crippen molar-refractivity contribution in [1.29, 1.82) is 0 Å². The first-order valence-corrected chi connectivity index (χ1v) is 25.1. The summed E-state index contributed by atoms with van der Waals surface area (Å²) in [4.78, 5) is 0. The predicted molar refractivity (Wildman–Crippen MR) is 265 cm³/mol. The average molecular weight is 801 g/mol. The first-order chi connectivity index (χ1) is 29.4. The van der Waals surface area contributed by atoms with Gasteiger partial charge in [-0.2, -0.15) is 0 Å². The van der Waals surface area contributed by atoms with Gasteiger partial charge in [0, 0.05) is 22.3 Å². The molecule has 0 aliphatic heterocycles. The summed E-state index contributed by atoms with van der Waals surface area (Å²) >= 11 is 0. The van der Waals surface area contributed by atoms with Crippen LogP contribution in [0.5, 0.6) is 0 Å². The van der Waals surface area contributed by atoms with Crippen LogP contribution in [0.2, 0.25) is 0 Å². The molecular formula is C60H80. The third-order valence-electron chi connectivity index (χ3n) is 13.0. The van der Waals surface area contributed by atoms with Crippen LogP contribution in [0.3, 0.4) is 0 Å². The van der Waals surface area contributed by atoms with Gasteiger partial charge < -0.3 is 0 Å². The molecule has 0 atom stereocenters. The molecule has 0 heteroatoms. The summed E-state index contributed by atoms with van der Waals surface area (Å²) in [6, 6.07) is 20.3. The highest BCUT2D eigenvalue weighted by atomic mass is 14.2. The maximum Gasteiger partial charge on any atom is 0.0330 e. The number of unbranched alkanes of at least 4 members (excludes halogenated alkanes) is 8. The zero-order valence-corrected chi connectivity index (χ0v) is 39.6. The van der Waals surface area contributed by atoms with Gasteiger partial charge in [-0.25, -0.2) is 0 Å². The van der Waals surface area contributed by atoms with Crippen molar-refractivity contribution < 1.29 is 0 Å². The second kappa shape index (κ2) is 25.1. The number of rotatable bonds is 24. The fourth-order valence-electron chi connectivity index (χ4n) is 9.13. The minimum Gasteiger partial charge on any atom is -0.0654 e. The van der Waals surface area contributed by atoms with Crippen LogP contribution in [-0.2, 0) is 51.4 Å². The third-order valence-corrected chi connectivity index (χ3v) is 13.0. The summed E-state index contributed by atoms with van der Waals surface area (Å²) in [6.45, 7) is 18.6. The summed E-state index contributed by atoms with van der Waals surface area (Å²) in [5.41, 5.74) is 21.8. The lowest BCUT2D eigenvalue weighted by molar-refractivity contribution is 0.757. The van der Waals surface area contributed by atoms with Crippen molar-refractivity contribution in [2.24, 2.45) is 0 Å². The second-order valence-electron chi connectivity index (χ2n) is 18.0. The highest BCUT2D eigenvalue weighted by molar-refractivity contribution is 5.83. The van der Waals surface area contributed by atoms with Crippen LogP contribution in [0, 0.1) is 23.7 Å². The number of hydrogen-bond donors (Lipinski definition) is 0. The molecule has 0 unspecified atom stereocenters. The number of aryl methyl sites for hydroxylation is 8. The lowest BCUT2D eigenvalue weighted by Crippen LogP contribution is -2.04. The fourth-order valence-corrected chi connectivity index (χ4v) is 9.13. The molecule has 1 aliphatic carbocycles. The van der Waals surface area contributed by atoms with Crippen LogP contribution < -0.4 is 0 Å². The van der Waals surface area contributed by atoms with Gasteiger partial charge in [0.25, 0.3) is 0 Å². The lowest BCUT2D eigenvalue weighted by Gasteiger charge is -2.20. The third kappa shape index (κ3) is 12.5. The van der Waals surface area contributed by atoms with Gasteiger partial charge in [0.05, 0.1) is 0 Å². The molecule has 320 valence electrons. The van der Waals surface area contributed by atoms with Crippen LogP contribution in [0.15, 0.2) is 48.5 Å². The van der Waals surface area contributed by atoms with E-state index in [9.17, 15) is 0 Å². The molecule has 0 spiro atoms. The Bertz CT molecular complexity index is 1810. The minimum atomic E-state index is 1.11. The van der Waals surface area contributed by atoms with Gasteiger partial charge in [0.2, 0.25) is 0 Å². The molecule has 4 aromatic rings. The van der Waals surface area contributed by atoms with Crippen molar-refractivity contribution in [3.63, 3.8) is 0 Å². The van der Waals surface area contributed by atoms with Crippen LogP contribution in [0.25, 0.3) is 22.3 Å². The number of fused-ring (bicyclic) bond motifs is 6.